The molecule has 0 aliphatic carbocycles. The highest BCUT2D eigenvalue weighted by molar-refractivity contribution is 7.89. The van der Waals surface area contributed by atoms with Crippen LogP contribution in [-0.4, -0.2) is 42.8 Å². The molecule has 1 aliphatic rings. The zero-order valence-electron chi connectivity index (χ0n) is 18.0. The van der Waals surface area contributed by atoms with Crippen LogP contribution in [-0.2, 0) is 21.4 Å². The average Bonchev–Trinajstić information content (AvgIpc) is 3.43. The molecule has 2 aromatic carbocycles. The van der Waals surface area contributed by atoms with E-state index in [1.54, 1.807) is 6.92 Å². The lowest BCUT2D eigenvalue weighted by atomic mass is 10.2. The maximum absolute atomic E-state index is 13.6. The second kappa shape index (κ2) is 9.06. The van der Waals surface area contributed by atoms with Crippen molar-refractivity contribution in [1.29, 1.82) is 0 Å². The van der Waals surface area contributed by atoms with Crippen molar-refractivity contribution in [3.63, 3.8) is 0 Å². The van der Waals surface area contributed by atoms with Gasteiger partial charge in [-0.3, -0.25) is 9.36 Å². The Bertz CT molecular complexity index is 1360. The van der Waals surface area contributed by atoms with E-state index in [9.17, 15) is 26.8 Å². The molecule has 0 bridgehead atoms. The Labute approximate surface area is 189 Å². The first kappa shape index (κ1) is 23.1. The normalized spacial score (nSPS) is 14.8. The number of oxazole rings is 1. The summed E-state index contributed by atoms with van der Waals surface area (Å²) in [6.45, 7) is 2.81. The molecule has 11 heteroatoms. The van der Waals surface area contributed by atoms with Crippen molar-refractivity contribution in [2.24, 2.45) is 0 Å². The van der Waals surface area contributed by atoms with Crippen LogP contribution in [0.25, 0.3) is 11.1 Å². The molecule has 1 aliphatic heterocycles. The molecule has 1 saturated heterocycles. The third kappa shape index (κ3) is 4.42. The molecule has 3 aromatic rings. The Morgan fingerprint density at radius 3 is 2.48 bits per heavy atom. The van der Waals surface area contributed by atoms with Crippen molar-refractivity contribution in [1.82, 2.24) is 8.87 Å². The molecule has 1 aromatic heterocycles. The van der Waals surface area contributed by atoms with Gasteiger partial charge in [-0.1, -0.05) is 0 Å². The van der Waals surface area contributed by atoms with Gasteiger partial charge >= 0.3 is 5.76 Å². The summed E-state index contributed by atoms with van der Waals surface area (Å²) in [5.74, 6) is -3.18. The maximum atomic E-state index is 13.6. The van der Waals surface area contributed by atoms with Crippen molar-refractivity contribution < 1.29 is 26.4 Å². The Hall–Kier alpha value is -3.05. The summed E-state index contributed by atoms with van der Waals surface area (Å²) in [5, 5.41) is 0. The number of carbonyl (C=O) groups excluding carboxylic acids is 1. The van der Waals surface area contributed by atoms with E-state index in [2.05, 4.69) is 0 Å². The molecular weight excluding hydrogens is 456 g/mol. The predicted molar refractivity (Wildman–Crippen MR) is 117 cm³/mol. The summed E-state index contributed by atoms with van der Waals surface area (Å²) in [7, 11) is -3.67. The van der Waals surface area contributed by atoms with E-state index in [0.29, 0.717) is 18.6 Å². The van der Waals surface area contributed by atoms with Crippen LogP contribution in [0.1, 0.15) is 26.2 Å². The minimum Gasteiger partial charge on any atom is -0.408 e. The fraction of sp³-hybridized carbons (Fsp3) is 0.364. The summed E-state index contributed by atoms with van der Waals surface area (Å²) in [4.78, 5) is 26.4. The number of halogens is 2. The van der Waals surface area contributed by atoms with Crippen molar-refractivity contribution in [2.45, 2.75) is 37.6 Å². The Morgan fingerprint density at radius 2 is 1.82 bits per heavy atom. The SMILES string of the molecule is CCN(C(=O)CCn1c(=O)oc2cc(S(=O)(=O)N3CCCC3)ccc21)c1ccc(F)c(F)c1. The van der Waals surface area contributed by atoms with Crippen LogP contribution in [0.15, 0.2) is 50.5 Å². The van der Waals surface area contributed by atoms with E-state index in [4.69, 9.17) is 4.42 Å². The molecule has 0 spiro atoms. The molecule has 1 fully saturated rings. The van der Waals surface area contributed by atoms with E-state index in [0.717, 1.165) is 25.0 Å². The summed E-state index contributed by atoms with van der Waals surface area (Å²) in [6, 6.07) is 7.42. The Balaban J connectivity index is 1.55. The van der Waals surface area contributed by atoms with Gasteiger partial charge in [0.25, 0.3) is 0 Å². The standard InChI is InChI=1S/C22H23F2N3O5S/c1-2-26(15-5-7-17(23)18(24)13-15)21(28)9-12-27-19-8-6-16(14-20(19)32-22(27)29)33(30,31)25-10-3-4-11-25/h5-8,13-14H,2-4,9-12H2,1H3. The molecule has 0 unspecified atom stereocenters. The largest absolute Gasteiger partial charge is 0.419 e. The average molecular weight is 480 g/mol. The number of hydrogen-bond acceptors (Lipinski definition) is 5. The molecule has 8 nitrogen and oxygen atoms in total. The number of nitrogens with zero attached hydrogens (tertiary/aromatic N) is 3. The zero-order valence-corrected chi connectivity index (χ0v) is 18.8. The first-order chi connectivity index (χ1) is 15.7. The van der Waals surface area contributed by atoms with Gasteiger partial charge in [-0.15, -0.1) is 0 Å². The van der Waals surface area contributed by atoms with Gasteiger partial charge in [0.2, 0.25) is 15.9 Å². The lowest BCUT2D eigenvalue weighted by molar-refractivity contribution is -0.118. The first-order valence-electron chi connectivity index (χ1n) is 10.6. The van der Waals surface area contributed by atoms with Gasteiger partial charge in [-0.2, -0.15) is 4.31 Å². The van der Waals surface area contributed by atoms with Crippen LogP contribution in [0, 0.1) is 11.6 Å². The second-order valence-corrected chi connectivity index (χ2v) is 9.68. The van der Waals surface area contributed by atoms with Gasteiger partial charge in [0, 0.05) is 50.4 Å². The first-order valence-corrected chi connectivity index (χ1v) is 12.1. The summed E-state index contributed by atoms with van der Waals surface area (Å²) >= 11 is 0. The molecule has 0 radical (unpaired) electrons. The van der Waals surface area contributed by atoms with E-state index < -0.39 is 33.3 Å². The number of aryl methyl sites for hydroxylation is 1. The van der Waals surface area contributed by atoms with Crippen LogP contribution in [0.2, 0.25) is 0 Å². The summed E-state index contributed by atoms with van der Waals surface area (Å²) in [5.41, 5.74) is 0.687. The molecule has 2 heterocycles. The molecule has 4 rings (SSSR count). The van der Waals surface area contributed by atoms with Crippen LogP contribution in [0.5, 0.6) is 0 Å². The third-order valence-corrected chi connectivity index (χ3v) is 7.62. The lowest BCUT2D eigenvalue weighted by Crippen LogP contribution is -2.32. The number of sulfonamides is 1. The van der Waals surface area contributed by atoms with Gasteiger partial charge in [0.15, 0.2) is 17.2 Å². The minimum absolute atomic E-state index is 0.0247. The van der Waals surface area contributed by atoms with Crippen molar-refractivity contribution in [3.8, 4) is 0 Å². The third-order valence-electron chi connectivity index (χ3n) is 5.72. The molecule has 176 valence electrons. The lowest BCUT2D eigenvalue weighted by Gasteiger charge is -2.21. The number of fused-ring (bicyclic) bond motifs is 1. The number of aromatic nitrogens is 1. The summed E-state index contributed by atoms with van der Waals surface area (Å²) in [6.07, 6.45) is 1.51. The predicted octanol–water partition coefficient (Wildman–Crippen LogP) is 3.10. The highest BCUT2D eigenvalue weighted by Gasteiger charge is 2.28. The van der Waals surface area contributed by atoms with E-state index >= 15 is 0 Å². The smallest absolute Gasteiger partial charge is 0.408 e. The molecule has 33 heavy (non-hydrogen) atoms. The molecule has 0 saturated carbocycles. The van der Waals surface area contributed by atoms with Crippen LogP contribution in [0.4, 0.5) is 14.5 Å². The van der Waals surface area contributed by atoms with E-state index in [1.165, 1.54) is 38.0 Å². The molecule has 0 N–H and O–H groups in total. The molecule has 1 amide bonds. The van der Waals surface area contributed by atoms with Crippen molar-refractivity contribution in [2.75, 3.05) is 24.5 Å². The van der Waals surface area contributed by atoms with Gasteiger partial charge in [-0.25, -0.2) is 22.0 Å². The maximum Gasteiger partial charge on any atom is 0.419 e. The second-order valence-electron chi connectivity index (χ2n) is 7.75. The molecule has 0 atom stereocenters. The van der Waals surface area contributed by atoms with Crippen molar-refractivity contribution in [3.05, 3.63) is 58.6 Å². The number of amides is 1. The van der Waals surface area contributed by atoms with Crippen molar-refractivity contribution >= 4 is 32.7 Å². The number of carbonyl (C=O) groups is 1. The van der Waals surface area contributed by atoms with Gasteiger partial charge in [0.1, 0.15) is 0 Å². The highest BCUT2D eigenvalue weighted by Crippen LogP contribution is 2.25. The monoisotopic (exact) mass is 479 g/mol. The molecular formula is C22H23F2N3O5S. The number of anilines is 1. The number of benzene rings is 2. The van der Waals surface area contributed by atoms with E-state index in [-0.39, 0.29) is 35.7 Å². The zero-order chi connectivity index (χ0) is 23.8. The fourth-order valence-corrected chi connectivity index (χ4v) is 5.53. The van der Waals surface area contributed by atoms with Crippen LogP contribution < -0.4 is 10.7 Å². The van der Waals surface area contributed by atoms with Gasteiger partial charge in [-0.05, 0) is 44.0 Å². The number of rotatable bonds is 7. The minimum atomic E-state index is -3.67. The Morgan fingerprint density at radius 1 is 1.09 bits per heavy atom. The van der Waals surface area contributed by atoms with E-state index in [1.807, 2.05) is 0 Å². The summed E-state index contributed by atoms with van der Waals surface area (Å²) < 4.78 is 60.2. The topological polar surface area (TPSA) is 92.8 Å². The van der Waals surface area contributed by atoms with Crippen LogP contribution >= 0.6 is 0 Å². The highest BCUT2D eigenvalue weighted by atomic mass is 32.2. The quantitative estimate of drug-likeness (QED) is 0.519. The van der Waals surface area contributed by atoms with Gasteiger partial charge < -0.3 is 9.32 Å². The Kier molecular flexibility index (Phi) is 6.35. The van der Waals surface area contributed by atoms with Crippen LogP contribution in [0.3, 0.4) is 0 Å². The fourth-order valence-electron chi connectivity index (χ4n) is 3.99. The van der Waals surface area contributed by atoms with Gasteiger partial charge in [0.05, 0.1) is 10.4 Å². The number of hydrogen-bond donors (Lipinski definition) is 0.